The largest absolute Gasteiger partial charge is 0.360 e. The minimum absolute atomic E-state index is 0.0789. The molecule has 2 rings (SSSR count). The van der Waals surface area contributed by atoms with Gasteiger partial charge in [0, 0.05) is 29.7 Å². The van der Waals surface area contributed by atoms with Gasteiger partial charge in [-0.25, -0.2) is 0 Å². The first kappa shape index (κ1) is 15.7. The first-order valence-corrected chi connectivity index (χ1v) is 6.58. The summed E-state index contributed by atoms with van der Waals surface area (Å²) in [5.41, 5.74) is 0.904. The van der Waals surface area contributed by atoms with Gasteiger partial charge in [-0.3, -0.25) is 14.9 Å². The Morgan fingerprint density at radius 2 is 1.74 bits per heavy atom. The predicted octanol–water partition coefficient (Wildman–Crippen LogP) is 3.05. The van der Waals surface area contributed by atoms with Gasteiger partial charge in [0.25, 0.3) is 11.6 Å². The van der Waals surface area contributed by atoms with Crippen LogP contribution in [0.2, 0.25) is 0 Å². The lowest BCUT2D eigenvalue weighted by molar-refractivity contribution is -0.384. The van der Waals surface area contributed by atoms with Crippen LogP contribution in [0.4, 0.5) is 17.1 Å². The van der Waals surface area contributed by atoms with Crippen molar-refractivity contribution in [2.45, 2.75) is 0 Å². The summed E-state index contributed by atoms with van der Waals surface area (Å²) in [5.74, 6) is -0.607. The van der Waals surface area contributed by atoms with Crippen LogP contribution in [0.3, 0.4) is 0 Å². The molecule has 0 radical (unpaired) electrons. The van der Waals surface area contributed by atoms with Gasteiger partial charge < -0.3 is 10.6 Å². The second-order valence-electron chi connectivity index (χ2n) is 4.44. The van der Waals surface area contributed by atoms with Crippen LogP contribution in [0, 0.1) is 21.4 Å². The molecule has 0 fully saturated rings. The summed E-state index contributed by atoms with van der Waals surface area (Å²) >= 11 is 0. The Morgan fingerprint density at radius 1 is 1.09 bits per heavy atom. The number of benzene rings is 2. The number of anilines is 2. The summed E-state index contributed by atoms with van der Waals surface area (Å²) in [6, 6.07) is 16.2. The minimum Gasteiger partial charge on any atom is -0.360 e. The molecule has 0 aliphatic rings. The van der Waals surface area contributed by atoms with Gasteiger partial charge in [0.05, 0.1) is 4.92 Å². The van der Waals surface area contributed by atoms with E-state index in [1.807, 2.05) is 18.2 Å². The molecular formula is C16H12N4O3. The normalized spacial score (nSPS) is 10.5. The van der Waals surface area contributed by atoms with Gasteiger partial charge >= 0.3 is 0 Å². The smallest absolute Gasteiger partial charge is 0.269 e. The lowest BCUT2D eigenvalue weighted by atomic mass is 10.2. The summed E-state index contributed by atoms with van der Waals surface area (Å²) in [5, 5.41) is 25.0. The van der Waals surface area contributed by atoms with Crippen LogP contribution >= 0.6 is 0 Å². The van der Waals surface area contributed by atoms with E-state index in [1.165, 1.54) is 30.5 Å². The minimum atomic E-state index is -0.607. The number of carbonyl (C=O) groups is 1. The number of nitriles is 1. The zero-order valence-corrected chi connectivity index (χ0v) is 11.9. The number of hydrogen-bond donors (Lipinski definition) is 2. The lowest BCUT2D eigenvalue weighted by Crippen LogP contribution is -2.14. The van der Waals surface area contributed by atoms with E-state index in [0.29, 0.717) is 5.69 Å². The van der Waals surface area contributed by atoms with Crippen molar-refractivity contribution in [3.63, 3.8) is 0 Å². The van der Waals surface area contributed by atoms with E-state index in [2.05, 4.69) is 10.6 Å². The van der Waals surface area contributed by atoms with Crippen LogP contribution in [-0.2, 0) is 4.79 Å². The topological polar surface area (TPSA) is 108 Å². The predicted molar refractivity (Wildman–Crippen MR) is 85.5 cm³/mol. The molecular weight excluding hydrogens is 296 g/mol. The highest BCUT2D eigenvalue weighted by Crippen LogP contribution is 2.16. The third kappa shape index (κ3) is 4.41. The Labute approximate surface area is 132 Å². The maximum atomic E-state index is 12.0. The fraction of sp³-hybridized carbons (Fsp3) is 0. The zero-order valence-electron chi connectivity index (χ0n) is 11.9. The standard InChI is InChI=1S/C16H12N4O3/c17-10-12(11-18-13-4-2-1-3-5-13)16(21)19-14-6-8-15(9-7-14)20(22)23/h1-9,11,18H,(H,19,21)/b12-11-. The van der Waals surface area contributed by atoms with E-state index >= 15 is 0 Å². The Kier molecular flexibility index (Phi) is 5.04. The molecule has 2 aromatic carbocycles. The highest BCUT2D eigenvalue weighted by Gasteiger charge is 2.10. The second kappa shape index (κ2) is 7.38. The van der Waals surface area contributed by atoms with Crippen LogP contribution in [0.5, 0.6) is 0 Å². The summed E-state index contributed by atoms with van der Waals surface area (Å²) in [6.07, 6.45) is 1.30. The van der Waals surface area contributed by atoms with Crippen molar-refractivity contribution in [3.05, 3.63) is 76.5 Å². The molecule has 2 aromatic rings. The van der Waals surface area contributed by atoms with Crippen LogP contribution in [0.25, 0.3) is 0 Å². The molecule has 0 atom stereocenters. The van der Waals surface area contributed by atoms with Crippen molar-refractivity contribution in [2.75, 3.05) is 10.6 Å². The molecule has 1 amide bonds. The summed E-state index contributed by atoms with van der Waals surface area (Å²) in [7, 11) is 0. The monoisotopic (exact) mass is 308 g/mol. The SMILES string of the molecule is N#C/C(=C/Nc1ccccc1)C(=O)Nc1ccc([N+](=O)[O-])cc1. The van der Waals surface area contributed by atoms with Crippen molar-refractivity contribution >= 4 is 23.0 Å². The molecule has 0 heterocycles. The Balaban J connectivity index is 2.05. The maximum Gasteiger partial charge on any atom is 0.269 e. The molecule has 0 aromatic heterocycles. The average Bonchev–Trinajstić information content (AvgIpc) is 2.57. The number of nitrogens with zero attached hydrogens (tertiary/aromatic N) is 2. The van der Waals surface area contributed by atoms with Crippen molar-refractivity contribution in [1.82, 2.24) is 0 Å². The van der Waals surface area contributed by atoms with Crippen molar-refractivity contribution < 1.29 is 9.72 Å². The molecule has 0 saturated heterocycles. The fourth-order valence-electron chi connectivity index (χ4n) is 1.70. The number of amides is 1. The lowest BCUT2D eigenvalue weighted by Gasteiger charge is -2.05. The molecule has 0 spiro atoms. The van der Waals surface area contributed by atoms with Crippen molar-refractivity contribution in [1.29, 1.82) is 5.26 Å². The van der Waals surface area contributed by atoms with E-state index in [4.69, 9.17) is 5.26 Å². The Bertz CT molecular complexity index is 777. The second-order valence-corrected chi connectivity index (χ2v) is 4.44. The highest BCUT2D eigenvalue weighted by molar-refractivity contribution is 6.06. The van der Waals surface area contributed by atoms with Crippen LogP contribution in [0.1, 0.15) is 0 Å². The zero-order chi connectivity index (χ0) is 16.7. The molecule has 0 saturated carbocycles. The Hall–Kier alpha value is -3.66. The van der Waals surface area contributed by atoms with Gasteiger partial charge in [0.1, 0.15) is 11.6 Å². The van der Waals surface area contributed by atoms with Crippen LogP contribution in [-0.4, -0.2) is 10.8 Å². The molecule has 2 N–H and O–H groups in total. The number of para-hydroxylation sites is 1. The van der Waals surface area contributed by atoms with Gasteiger partial charge in [0.2, 0.25) is 0 Å². The molecule has 7 nitrogen and oxygen atoms in total. The fourth-order valence-corrected chi connectivity index (χ4v) is 1.70. The number of nitro benzene ring substituents is 1. The average molecular weight is 308 g/mol. The Morgan fingerprint density at radius 3 is 2.30 bits per heavy atom. The van der Waals surface area contributed by atoms with E-state index < -0.39 is 10.8 Å². The van der Waals surface area contributed by atoms with E-state index in [0.717, 1.165) is 5.69 Å². The van der Waals surface area contributed by atoms with Gasteiger partial charge in [0.15, 0.2) is 0 Å². The van der Waals surface area contributed by atoms with Gasteiger partial charge in [-0.05, 0) is 24.3 Å². The van der Waals surface area contributed by atoms with Crippen LogP contribution in [0.15, 0.2) is 66.4 Å². The number of rotatable bonds is 5. The van der Waals surface area contributed by atoms with Gasteiger partial charge in [-0.15, -0.1) is 0 Å². The highest BCUT2D eigenvalue weighted by atomic mass is 16.6. The summed E-state index contributed by atoms with van der Waals surface area (Å²) in [4.78, 5) is 22.0. The number of nitro groups is 1. The summed E-state index contributed by atoms with van der Waals surface area (Å²) < 4.78 is 0. The van der Waals surface area contributed by atoms with Gasteiger partial charge in [-0.2, -0.15) is 5.26 Å². The van der Waals surface area contributed by atoms with E-state index in [9.17, 15) is 14.9 Å². The third-order valence-electron chi connectivity index (χ3n) is 2.86. The number of non-ortho nitro benzene ring substituents is 1. The molecule has 0 aliphatic carbocycles. The maximum absolute atomic E-state index is 12.0. The first-order chi connectivity index (χ1) is 11.1. The van der Waals surface area contributed by atoms with E-state index in [-0.39, 0.29) is 11.3 Å². The quantitative estimate of drug-likeness (QED) is 0.382. The van der Waals surface area contributed by atoms with E-state index in [1.54, 1.807) is 18.2 Å². The number of hydrogen-bond acceptors (Lipinski definition) is 5. The molecule has 7 heteroatoms. The molecule has 23 heavy (non-hydrogen) atoms. The van der Waals surface area contributed by atoms with Gasteiger partial charge in [-0.1, -0.05) is 18.2 Å². The van der Waals surface area contributed by atoms with Crippen molar-refractivity contribution in [3.8, 4) is 6.07 Å². The van der Waals surface area contributed by atoms with Crippen LogP contribution < -0.4 is 10.6 Å². The molecule has 0 unspecified atom stereocenters. The van der Waals surface area contributed by atoms with Crippen molar-refractivity contribution in [2.24, 2.45) is 0 Å². The number of carbonyl (C=O) groups excluding carboxylic acids is 1. The first-order valence-electron chi connectivity index (χ1n) is 6.58. The molecule has 0 bridgehead atoms. The molecule has 114 valence electrons. The molecule has 0 aliphatic heterocycles. The number of nitrogens with one attached hydrogen (secondary N) is 2. The summed E-state index contributed by atoms with van der Waals surface area (Å²) in [6.45, 7) is 0. The third-order valence-corrected chi connectivity index (χ3v) is 2.86.